The quantitative estimate of drug-likeness (QED) is 0.233. The summed E-state index contributed by atoms with van der Waals surface area (Å²) in [4.78, 5) is 29.9. The molecule has 6 aromatic rings. The third-order valence-electron chi connectivity index (χ3n) is 6.13. The van der Waals surface area contributed by atoms with Gasteiger partial charge in [-0.1, -0.05) is 41.6 Å². The van der Waals surface area contributed by atoms with E-state index in [2.05, 4.69) is 40.8 Å². The van der Waals surface area contributed by atoms with E-state index in [0.29, 0.717) is 45.4 Å². The van der Waals surface area contributed by atoms with Crippen molar-refractivity contribution >= 4 is 28.4 Å². The Kier molecular flexibility index (Phi) is 6.27. The maximum Gasteiger partial charge on any atom is 0.273 e. The first-order valence-corrected chi connectivity index (χ1v) is 12.1. The second kappa shape index (κ2) is 10.2. The van der Waals surface area contributed by atoms with E-state index in [4.69, 9.17) is 4.52 Å². The van der Waals surface area contributed by atoms with Gasteiger partial charge in [-0.15, -0.1) is 0 Å². The average molecular weight is 522 g/mol. The molecule has 0 bridgehead atoms. The third kappa shape index (κ3) is 4.83. The maximum atomic E-state index is 12.0. The SMILES string of the molecule is Cn1[nH]c(=O)c2ccc(Nc3cc(N[C@H](CO)c4ccccc4)c(-c4nc(-c5ccccn5)no4)cn3)nc21. The summed E-state index contributed by atoms with van der Waals surface area (Å²) in [5.74, 6) is 1.56. The number of aliphatic hydroxyl groups is 1. The van der Waals surface area contributed by atoms with Crippen LogP contribution in [0.25, 0.3) is 34.0 Å². The van der Waals surface area contributed by atoms with Crippen LogP contribution in [0, 0.1) is 0 Å². The van der Waals surface area contributed by atoms with Crippen LogP contribution >= 0.6 is 0 Å². The van der Waals surface area contributed by atoms with Crippen LogP contribution in [-0.4, -0.2) is 46.6 Å². The second-order valence-electron chi connectivity index (χ2n) is 8.74. The van der Waals surface area contributed by atoms with Crippen molar-refractivity contribution in [3.05, 3.63) is 95.0 Å². The van der Waals surface area contributed by atoms with E-state index in [1.54, 1.807) is 48.4 Å². The zero-order chi connectivity index (χ0) is 26.8. The van der Waals surface area contributed by atoms with Gasteiger partial charge in [0.1, 0.15) is 17.3 Å². The maximum absolute atomic E-state index is 12.0. The van der Waals surface area contributed by atoms with Gasteiger partial charge >= 0.3 is 0 Å². The van der Waals surface area contributed by atoms with Gasteiger partial charge < -0.3 is 20.3 Å². The molecule has 0 fully saturated rings. The lowest BCUT2D eigenvalue weighted by atomic mass is 10.1. The average Bonchev–Trinajstić information content (AvgIpc) is 3.57. The number of pyridine rings is 3. The van der Waals surface area contributed by atoms with E-state index in [0.717, 1.165) is 5.56 Å². The van der Waals surface area contributed by atoms with Gasteiger partial charge in [0.05, 0.1) is 29.3 Å². The van der Waals surface area contributed by atoms with E-state index in [9.17, 15) is 9.90 Å². The van der Waals surface area contributed by atoms with Crippen molar-refractivity contribution in [1.82, 2.24) is 34.9 Å². The number of H-pyrrole nitrogens is 1. The van der Waals surface area contributed by atoms with E-state index < -0.39 is 6.04 Å². The van der Waals surface area contributed by atoms with E-state index in [1.807, 2.05) is 42.5 Å². The summed E-state index contributed by atoms with van der Waals surface area (Å²) in [6, 6.07) is 19.8. The lowest BCUT2D eigenvalue weighted by Crippen LogP contribution is -2.15. The number of rotatable bonds is 8. The standard InChI is InChI=1S/C27H23N9O3/c1-36-25-17(26(38)34-36)10-11-22(32-25)31-23-13-20(30-21(15-37)16-7-3-2-4-8-16)18(14-29-23)27-33-24(35-39-27)19-9-5-6-12-28-19/h2-14,21,37H,15H2,1H3,(H,34,38)(H2,29,30,31,32)/t21-/m1/s1. The van der Waals surface area contributed by atoms with Gasteiger partial charge in [0, 0.05) is 25.5 Å². The minimum absolute atomic E-state index is 0.155. The second-order valence-corrected chi connectivity index (χ2v) is 8.74. The van der Waals surface area contributed by atoms with Crippen LogP contribution < -0.4 is 16.2 Å². The van der Waals surface area contributed by atoms with Crippen LogP contribution in [0.2, 0.25) is 0 Å². The fourth-order valence-corrected chi connectivity index (χ4v) is 4.20. The number of nitrogens with zero attached hydrogens (tertiary/aromatic N) is 6. The fourth-order valence-electron chi connectivity index (χ4n) is 4.20. The molecule has 0 saturated carbocycles. The number of aromatic nitrogens is 7. The molecular formula is C27H23N9O3. The molecule has 1 aromatic carbocycles. The van der Waals surface area contributed by atoms with Crippen LogP contribution in [0.15, 0.2) is 88.4 Å². The highest BCUT2D eigenvalue weighted by atomic mass is 16.5. The van der Waals surface area contributed by atoms with Gasteiger partial charge in [-0.2, -0.15) is 4.98 Å². The van der Waals surface area contributed by atoms with Crippen molar-refractivity contribution in [2.75, 3.05) is 17.2 Å². The fraction of sp³-hybridized carbons (Fsp3) is 0.111. The molecule has 12 nitrogen and oxygen atoms in total. The topological polar surface area (TPSA) is 160 Å². The van der Waals surface area contributed by atoms with Crippen molar-refractivity contribution in [1.29, 1.82) is 0 Å². The summed E-state index contributed by atoms with van der Waals surface area (Å²) in [6.45, 7) is -0.155. The van der Waals surface area contributed by atoms with Crippen LogP contribution in [0.1, 0.15) is 11.6 Å². The summed E-state index contributed by atoms with van der Waals surface area (Å²) < 4.78 is 7.14. The highest BCUT2D eigenvalue weighted by Gasteiger charge is 2.19. The molecule has 0 aliphatic rings. The van der Waals surface area contributed by atoms with Crippen molar-refractivity contribution in [2.45, 2.75) is 6.04 Å². The number of nitrogens with one attached hydrogen (secondary N) is 3. The van der Waals surface area contributed by atoms with Gasteiger partial charge in [-0.25, -0.2) is 9.97 Å². The summed E-state index contributed by atoms with van der Waals surface area (Å²) in [5, 5.41) is 24.0. The van der Waals surface area contributed by atoms with Crippen molar-refractivity contribution in [3.8, 4) is 23.0 Å². The smallest absolute Gasteiger partial charge is 0.273 e. The van der Waals surface area contributed by atoms with Gasteiger partial charge in [0.15, 0.2) is 5.65 Å². The first-order chi connectivity index (χ1) is 19.1. The lowest BCUT2D eigenvalue weighted by molar-refractivity contribution is 0.276. The van der Waals surface area contributed by atoms with Gasteiger partial charge in [-0.3, -0.25) is 19.6 Å². The zero-order valence-corrected chi connectivity index (χ0v) is 20.7. The monoisotopic (exact) mass is 521 g/mol. The number of fused-ring (bicyclic) bond motifs is 1. The Balaban J connectivity index is 1.38. The molecule has 0 aliphatic heterocycles. The molecule has 0 radical (unpaired) electrons. The number of aryl methyl sites for hydroxylation is 1. The van der Waals surface area contributed by atoms with Crippen molar-refractivity contribution in [3.63, 3.8) is 0 Å². The molecule has 39 heavy (non-hydrogen) atoms. The highest BCUT2D eigenvalue weighted by Crippen LogP contribution is 2.33. The van der Waals surface area contributed by atoms with Gasteiger partial charge in [-0.05, 0) is 29.8 Å². The molecule has 5 aromatic heterocycles. The predicted octanol–water partition coefficient (Wildman–Crippen LogP) is 3.66. The van der Waals surface area contributed by atoms with Crippen molar-refractivity contribution < 1.29 is 9.63 Å². The molecule has 0 saturated heterocycles. The Labute approximate surface area is 221 Å². The molecule has 6 rings (SSSR count). The molecule has 4 N–H and O–H groups in total. The Hall–Kier alpha value is -5.36. The number of aromatic amines is 1. The Morgan fingerprint density at radius 3 is 2.67 bits per heavy atom. The molecular weight excluding hydrogens is 498 g/mol. The highest BCUT2D eigenvalue weighted by molar-refractivity contribution is 5.79. The Morgan fingerprint density at radius 1 is 1.03 bits per heavy atom. The number of aliphatic hydroxyl groups excluding tert-OH is 1. The molecule has 0 aliphatic carbocycles. The minimum Gasteiger partial charge on any atom is -0.394 e. The van der Waals surface area contributed by atoms with Crippen molar-refractivity contribution in [2.24, 2.45) is 7.05 Å². The number of hydrogen-bond acceptors (Lipinski definition) is 10. The number of anilines is 3. The number of hydrogen-bond donors (Lipinski definition) is 4. The summed E-state index contributed by atoms with van der Waals surface area (Å²) >= 11 is 0. The van der Waals surface area contributed by atoms with Gasteiger partial charge in [0.2, 0.25) is 5.82 Å². The molecule has 194 valence electrons. The van der Waals surface area contributed by atoms with E-state index in [1.165, 1.54) is 0 Å². The molecule has 5 heterocycles. The number of benzene rings is 1. The minimum atomic E-state index is -0.415. The van der Waals surface area contributed by atoms with Crippen LogP contribution in [0.5, 0.6) is 0 Å². The first-order valence-electron chi connectivity index (χ1n) is 12.1. The van der Waals surface area contributed by atoms with E-state index >= 15 is 0 Å². The molecule has 0 unspecified atom stereocenters. The normalized spacial score (nSPS) is 11.9. The Bertz CT molecular complexity index is 1800. The van der Waals surface area contributed by atoms with Crippen LogP contribution in [0.4, 0.5) is 17.3 Å². The van der Waals surface area contributed by atoms with Crippen LogP contribution in [0.3, 0.4) is 0 Å². The van der Waals surface area contributed by atoms with Gasteiger partial charge in [0.25, 0.3) is 11.4 Å². The molecule has 12 heteroatoms. The Morgan fingerprint density at radius 2 is 1.87 bits per heavy atom. The molecule has 0 spiro atoms. The molecule has 1 atom stereocenters. The van der Waals surface area contributed by atoms with Crippen LogP contribution in [-0.2, 0) is 7.05 Å². The summed E-state index contributed by atoms with van der Waals surface area (Å²) in [6.07, 6.45) is 3.26. The lowest BCUT2D eigenvalue weighted by Gasteiger charge is -2.20. The summed E-state index contributed by atoms with van der Waals surface area (Å²) in [5.41, 5.74) is 2.92. The first kappa shape index (κ1) is 24.0. The third-order valence-corrected chi connectivity index (χ3v) is 6.13. The predicted molar refractivity (Wildman–Crippen MR) is 145 cm³/mol. The largest absolute Gasteiger partial charge is 0.394 e. The van der Waals surface area contributed by atoms with E-state index in [-0.39, 0.29) is 18.1 Å². The molecule has 0 amide bonds. The summed E-state index contributed by atoms with van der Waals surface area (Å²) in [7, 11) is 1.72. The zero-order valence-electron chi connectivity index (χ0n) is 20.7.